The first-order valence-electron chi connectivity index (χ1n) is 11.8. The maximum absolute atomic E-state index is 13.5. The fraction of sp³-hybridized carbons (Fsp3) is 0.276. The molecular weight excluding hydrogens is 454 g/mol. The van der Waals surface area contributed by atoms with Gasteiger partial charge in [-0.2, -0.15) is 0 Å². The van der Waals surface area contributed by atoms with Crippen molar-refractivity contribution in [3.05, 3.63) is 88.8 Å². The number of aromatic nitrogens is 1. The summed E-state index contributed by atoms with van der Waals surface area (Å²) in [4.78, 5) is 34.5. The number of rotatable bonds is 6. The van der Waals surface area contributed by atoms with Crippen LogP contribution in [0.2, 0.25) is 0 Å². The highest BCUT2D eigenvalue weighted by molar-refractivity contribution is 6.51. The number of aryl methyl sites for hydroxylation is 1. The van der Waals surface area contributed by atoms with Crippen LogP contribution in [0.15, 0.2) is 66.5 Å². The van der Waals surface area contributed by atoms with Gasteiger partial charge in [0.25, 0.3) is 11.7 Å². The second kappa shape index (κ2) is 9.85. The Morgan fingerprint density at radius 3 is 2.36 bits per heavy atom. The van der Waals surface area contributed by atoms with Gasteiger partial charge in [0.2, 0.25) is 0 Å². The first-order valence-corrected chi connectivity index (χ1v) is 11.8. The van der Waals surface area contributed by atoms with Crippen LogP contribution >= 0.6 is 0 Å². The van der Waals surface area contributed by atoms with E-state index in [0.717, 1.165) is 16.8 Å². The maximum atomic E-state index is 13.5. The molecule has 186 valence electrons. The minimum atomic E-state index is -0.826. The summed E-state index contributed by atoms with van der Waals surface area (Å²) in [5.74, 6) is -0.808. The van der Waals surface area contributed by atoms with Crippen molar-refractivity contribution in [1.29, 1.82) is 0 Å². The van der Waals surface area contributed by atoms with Crippen molar-refractivity contribution >= 4 is 28.8 Å². The zero-order valence-electron chi connectivity index (χ0n) is 21.4. The molecule has 2 aromatic carbocycles. The molecule has 0 bridgehead atoms. The largest absolute Gasteiger partial charge is 0.507 e. The predicted octanol–water partition coefficient (Wildman–Crippen LogP) is 5.21. The van der Waals surface area contributed by atoms with Crippen molar-refractivity contribution in [2.45, 2.75) is 32.7 Å². The van der Waals surface area contributed by atoms with Gasteiger partial charge in [-0.3, -0.25) is 19.5 Å². The summed E-state index contributed by atoms with van der Waals surface area (Å²) in [5, 5.41) is 11.6. The van der Waals surface area contributed by atoms with Gasteiger partial charge in [-0.25, -0.2) is 0 Å². The molecule has 1 aromatic heterocycles. The number of amides is 1. The van der Waals surface area contributed by atoms with Crippen LogP contribution in [0, 0.1) is 6.92 Å². The summed E-state index contributed by atoms with van der Waals surface area (Å²) in [6.45, 7) is 5.91. The van der Waals surface area contributed by atoms with E-state index in [1.165, 1.54) is 4.90 Å². The van der Waals surface area contributed by atoms with Crippen molar-refractivity contribution in [3.8, 4) is 5.75 Å². The van der Waals surface area contributed by atoms with Crippen LogP contribution in [0.4, 0.5) is 11.4 Å². The number of anilines is 2. The van der Waals surface area contributed by atoms with E-state index in [1.54, 1.807) is 43.8 Å². The van der Waals surface area contributed by atoms with Crippen LogP contribution in [-0.2, 0) is 9.59 Å². The van der Waals surface area contributed by atoms with Crippen molar-refractivity contribution in [1.82, 2.24) is 4.98 Å². The number of aliphatic hydroxyl groups excluding tert-OH is 1. The number of ether oxygens (including phenoxy) is 1. The first kappa shape index (κ1) is 25.0. The summed E-state index contributed by atoms with van der Waals surface area (Å²) in [6, 6.07) is 13.8. The molecule has 1 atom stereocenters. The maximum Gasteiger partial charge on any atom is 0.300 e. The third-order valence-electron chi connectivity index (χ3n) is 6.54. The third kappa shape index (κ3) is 4.33. The molecule has 7 nitrogen and oxygen atoms in total. The van der Waals surface area contributed by atoms with Gasteiger partial charge in [0.05, 0.1) is 18.7 Å². The zero-order valence-corrected chi connectivity index (χ0v) is 21.4. The van der Waals surface area contributed by atoms with Crippen LogP contribution in [0.5, 0.6) is 5.75 Å². The Hall–Kier alpha value is -4.13. The highest BCUT2D eigenvalue weighted by atomic mass is 16.5. The van der Waals surface area contributed by atoms with Crippen LogP contribution in [0.1, 0.15) is 48.1 Å². The highest BCUT2D eigenvalue weighted by Crippen LogP contribution is 2.43. The van der Waals surface area contributed by atoms with E-state index in [4.69, 9.17) is 4.74 Å². The Bertz CT molecular complexity index is 1330. The number of carbonyl (C=O) groups is 2. The summed E-state index contributed by atoms with van der Waals surface area (Å²) >= 11 is 0. The van der Waals surface area contributed by atoms with E-state index < -0.39 is 17.7 Å². The Kier molecular flexibility index (Phi) is 6.84. The molecule has 1 saturated heterocycles. The molecule has 4 rings (SSSR count). The number of nitrogens with zero attached hydrogens (tertiary/aromatic N) is 3. The first-order chi connectivity index (χ1) is 17.1. The Morgan fingerprint density at radius 2 is 1.81 bits per heavy atom. The number of methoxy groups -OCH3 is 1. The van der Waals surface area contributed by atoms with Crippen molar-refractivity contribution in [2.75, 3.05) is 31.0 Å². The van der Waals surface area contributed by atoms with E-state index in [9.17, 15) is 14.7 Å². The molecule has 1 aliphatic heterocycles. The molecule has 3 aromatic rings. The minimum Gasteiger partial charge on any atom is -0.507 e. The van der Waals surface area contributed by atoms with Crippen molar-refractivity contribution < 1.29 is 19.4 Å². The standard InChI is InChI=1S/C29H31N3O4/c1-17(2)22-15-23(18(3)14-24(22)36-6)27(33)25-26(19-8-7-13-30-16-19)32(29(35)28(25)34)21-11-9-20(10-12-21)31(4)5/h7-17,26,33H,1-6H3/b27-25+. The monoisotopic (exact) mass is 485 g/mol. The van der Waals surface area contributed by atoms with Gasteiger partial charge in [-0.05, 0) is 72.0 Å². The SMILES string of the molecule is COc1cc(C)c(/C(O)=C2\C(=O)C(=O)N(c3ccc(N(C)C)cc3)C2c2cccnc2)cc1C(C)C. The fourth-order valence-corrected chi connectivity index (χ4v) is 4.59. The number of Topliss-reactive ketones (excluding diaryl/α,β-unsaturated/α-hetero) is 1. The summed E-state index contributed by atoms with van der Waals surface area (Å²) in [7, 11) is 5.47. The molecule has 1 amide bonds. The van der Waals surface area contributed by atoms with Gasteiger partial charge in [-0.1, -0.05) is 19.9 Å². The molecule has 2 heterocycles. The smallest absolute Gasteiger partial charge is 0.300 e. The van der Waals surface area contributed by atoms with E-state index in [-0.39, 0.29) is 17.3 Å². The quantitative estimate of drug-likeness (QED) is 0.293. The molecule has 0 radical (unpaired) electrons. The number of ketones is 1. The lowest BCUT2D eigenvalue weighted by Gasteiger charge is -2.26. The van der Waals surface area contributed by atoms with Crippen LogP contribution in [0.3, 0.4) is 0 Å². The molecule has 1 N–H and O–H groups in total. The molecule has 0 aliphatic carbocycles. The van der Waals surface area contributed by atoms with Crippen molar-refractivity contribution in [3.63, 3.8) is 0 Å². The Morgan fingerprint density at radius 1 is 1.11 bits per heavy atom. The number of aliphatic hydroxyl groups is 1. The van der Waals surface area contributed by atoms with Gasteiger partial charge >= 0.3 is 0 Å². The highest BCUT2D eigenvalue weighted by Gasteiger charge is 2.47. The second-order valence-corrected chi connectivity index (χ2v) is 9.43. The molecular formula is C29H31N3O4. The Labute approximate surface area is 211 Å². The number of hydrogen-bond acceptors (Lipinski definition) is 6. The zero-order chi connectivity index (χ0) is 26.1. The minimum absolute atomic E-state index is 0.0349. The molecule has 36 heavy (non-hydrogen) atoms. The average Bonchev–Trinajstić information content (AvgIpc) is 3.14. The van der Waals surface area contributed by atoms with E-state index >= 15 is 0 Å². The molecule has 7 heteroatoms. The molecule has 1 fully saturated rings. The molecule has 0 spiro atoms. The van der Waals surface area contributed by atoms with Crippen molar-refractivity contribution in [2.24, 2.45) is 0 Å². The number of pyridine rings is 1. The van der Waals surface area contributed by atoms with Gasteiger partial charge in [-0.15, -0.1) is 0 Å². The van der Waals surface area contributed by atoms with Crippen LogP contribution in [-0.4, -0.2) is 43.0 Å². The topological polar surface area (TPSA) is 83.0 Å². The number of benzene rings is 2. The molecule has 1 unspecified atom stereocenters. The van der Waals surface area contributed by atoms with E-state index in [0.29, 0.717) is 22.6 Å². The number of carbonyl (C=O) groups excluding carboxylic acids is 2. The molecule has 1 aliphatic rings. The fourth-order valence-electron chi connectivity index (χ4n) is 4.59. The number of hydrogen-bond donors (Lipinski definition) is 1. The van der Waals surface area contributed by atoms with E-state index in [1.807, 2.05) is 64.0 Å². The lowest BCUT2D eigenvalue weighted by Crippen LogP contribution is -2.29. The van der Waals surface area contributed by atoms with Crippen LogP contribution in [0.25, 0.3) is 5.76 Å². The predicted molar refractivity (Wildman–Crippen MR) is 142 cm³/mol. The second-order valence-electron chi connectivity index (χ2n) is 9.43. The third-order valence-corrected chi connectivity index (χ3v) is 6.54. The van der Waals surface area contributed by atoms with Crippen LogP contribution < -0.4 is 14.5 Å². The van der Waals surface area contributed by atoms with E-state index in [2.05, 4.69) is 4.98 Å². The summed E-state index contributed by atoms with van der Waals surface area (Å²) in [5.41, 5.74) is 4.32. The van der Waals surface area contributed by atoms with Gasteiger partial charge in [0.15, 0.2) is 0 Å². The van der Waals surface area contributed by atoms with Gasteiger partial charge in [0, 0.05) is 43.4 Å². The van der Waals surface area contributed by atoms with Gasteiger partial charge < -0.3 is 14.7 Å². The molecule has 0 saturated carbocycles. The summed E-state index contributed by atoms with van der Waals surface area (Å²) in [6.07, 6.45) is 3.25. The lowest BCUT2D eigenvalue weighted by atomic mass is 9.91. The average molecular weight is 486 g/mol. The Balaban J connectivity index is 1.94. The lowest BCUT2D eigenvalue weighted by molar-refractivity contribution is -0.132. The summed E-state index contributed by atoms with van der Waals surface area (Å²) < 4.78 is 5.54. The normalized spacial score (nSPS) is 17.1. The van der Waals surface area contributed by atoms with Gasteiger partial charge in [0.1, 0.15) is 11.5 Å².